The molecule has 0 unspecified atom stereocenters. The van der Waals surface area contributed by atoms with Crippen molar-refractivity contribution in [2.75, 3.05) is 20.2 Å². The molecule has 2 saturated carbocycles. The Labute approximate surface area is 220 Å². The highest BCUT2D eigenvalue weighted by Gasteiger charge is 2.35. The van der Waals surface area contributed by atoms with E-state index < -0.39 is 0 Å². The van der Waals surface area contributed by atoms with Gasteiger partial charge in [0.15, 0.2) is 0 Å². The Morgan fingerprint density at radius 1 is 0.946 bits per heavy atom. The summed E-state index contributed by atoms with van der Waals surface area (Å²) in [4.78, 5) is 34.1. The number of ether oxygens (including phenoxy) is 1. The molecule has 196 valence electrons. The molecule has 5 rings (SSSR count). The zero-order valence-corrected chi connectivity index (χ0v) is 22.0. The molecular weight excluding hydrogens is 462 g/mol. The number of rotatable bonds is 12. The van der Waals surface area contributed by atoms with Crippen LogP contribution in [-0.4, -0.2) is 52.8 Å². The minimum Gasteiger partial charge on any atom is -0.496 e. The van der Waals surface area contributed by atoms with Crippen molar-refractivity contribution in [2.45, 2.75) is 70.4 Å². The first-order valence-corrected chi connectivity index (χ1v) is 13.9. The SMILES string of the molecule is COc1ccccc1CN(CCc1c[nH]c2ccccc12)C(=O)CN(C(=O)CCC1CCCC1)C1CC1. The predicted molar refractivity (Wildman–Crippen MR) is 146 cm³/mol. The number of fused-ring (bicyclic) bond motifs is 1. The van der Waals surface area contributed by atoms with Crippen LogP contribution in [0.25, 0.3) is 10.9 Å². The van der Waals surface area contributed by atoms with E-state index in [1.54, 1.807) is 7.11 Å². The zero-order chi connectivity index (χ0) is 25.6. The minimum absolute atomic E-state index is 0.00636. The van der Waals surface area contributed by atoms with Gasteiger partial charge in [0, 0.05) is 48.2 Å². The Kier molecular flexibility index (Phi) is 8.12. The zero-order valence-electron chi connectivity index (χ0n) is 22.0. The molecule has 2 aliphatic carbocycles. The van der Waals surface area contributed by atoms with Gasteiger partial charge in [0.1, 0.15) is 12.3 Å². The lowest BCUT2D eigenvalue weighted by Gasteiger charge is -2.28. The lowest BCUT2D eigenvalue weighted by molar-refractivity contribution is -0.141. The fourth-order valence-electron chi connectivity index (χ4n) is 5.75. The molecular formula is C31H39N3O3. The van der Waals surface area contributed by atoms with Gasteiger partial charge in [-0.05, 0) is 49.3 Å². The van der Waals surface area contributed by atoms with Crippen molar-refractivity contribution >= 4 is 22.7 Å². The lowest BCUT2D eigenvalue weighted by atomic mass is 10.0. The molecule has 0 aliphatic heterocycles. The third-order valence-corrected chi connectivity index (χ3v) is 8.09. The minimum atomic E-state index is 0.00636. The molecule has 3 aromatic rings. The normalized spacial score (nSPS) is 15.7. The van der Waals surface area contributed by atoms with Crippen molar-refractivity contribution in [3.05, 3.63) is 65.9 Å². The fourth-order valence-corrected chi connectivity index (χ4v) is 5.75. The van der Waals surface area contributed by atoms with E-state index >= 15 is 0 Å². The van der Waals surface area contributed by atoms with E-state index in [1.165, 1.54) is 36.6 Å². The number of carbonyl (C=O) groups excluding carboxylic acids is 2. The number of para-hydroxylation sites is 2. The maximum atomic E-state index is 13.8. The third kappa shape index (κ3) is 6.35. The second-order valence-electron chi connectivity index (χ2n) is 10.7. The highest BCUT2D eigenvalue weighted by molar-refractivity contribution is 5.86. The number of nitrogens with one attached hydrogen (secondary N) is 1. The molecule has 0 radical (unpaired) electrons. The van der Waals surface area contributed by atoms with Crippen molar-refractivity contribution in [2.24, 2.45) is 5.92 Å². The quantitative estimate of drug-likeness (QED) is 0.346. The fraction of sp³-hybridized carbons (Fsp3) is 0.484. The van der Waals surface area contributed by atoms with E-state index in [0.29, 0.717) is 25.4 Å². The maximum absolute atomic E-state index is 13.8. The summed E-state index contributed by atoms with van der Waals surface area (Å²) >= 11 is 0. The molecule has 2 aromatic carbocycles. The molecule has 1 aromatic heterocycles. The monoisotopic (exact) mass is 501 g/mol. The first-order chi connectivity index (χ1) is 18.1. The van der Waals surface area contributed by atoms with E-state index in [-0.39, 0.29) is 24.4 Å². The molecule has 0 atom stereocenters. The summed E-state index contributed by atoms with van der Waals surface area (Å²) in [5, 5.41) is 1.19. The Morgan fingerprint density at radius 2 is 1.70 bits per heavy atom. The van der Waals surface area contributed by atoms with Crippen LogP contribution in [0, 0.1) is 5.92 Å². The van der Waals surface area contributed by atoms with E-state index in [0.717, 1.165) is 42.5 Å². The number of carbonyl (C=O) groups is 2. The number of hydrogen-bond acceptors (Lipinski definition) is 3. The largest absolute Gasteiger partial charge is 0.496 e. The van der Waals surface area contributed by atoms with Crippen LogP contribution in [0.1, 0.15) is 62.5 Å². The van der Waals surface area contributed by atoms with E-state index in [4.69, 9.17) is 4.74 Å². The molecule has 0 bridgehead atoms. The summed E-state index contributed by atoms with van der Waals surface area (Å²) in [6.07, 6.45) is 11.4. The number of methoxy groups -OCH3 is 1. The highest BCUT2D eigenvalue weighted by atomic mass is 16.5. The van der Waals surface area contributed by atoms with Gasteiger partial charge < -0.3 is 19.5 Å². The molecule has 0 saturated heterocycles. The molecule has 6 heteroatoms. The smallest absolute Gasteiger partial charge is 0.242 e. The van der Waals surface area contributed by atoms with Gasteiger partial charge >= 0.3 is 0 Å². The first kappa shape index (κ1) is 25.4. The number of benzene rings is 2. The highest BCUT2D eigenvalue weighted by Crippen LogP contribution is 2.31. The number of H-pyrrole nitrogens is 1. The molecule has 1 N–H and O–H groups in total. The summed E-state index contributed by atoms with van der Waals surface area (Å²) in [5.41, 5.74) is 3.27. The van der Waals surface area contributed by atoms with Gasteiger partial charge in [0.25, 0.3) is 0 Å². The number of hydrogen-bond donors (Lipinski definition) is 1. The average Bonchev–Trinajstić information content (AvgIpc) is 3.46. The van der Waals surface area contributed by atoms with Crippen molar-refractivity contribution in [1.82, 2.24) is 14.8 Å². The predicted octanol–water partition coefficient (Wildman–Crippen LogP) is 5.71. The molecule has 0 spiro atoms. The Balaban J connectivity index is 1.29. The Morgan fingerprint density at radius 3 is 2.49 bits per heavy atom. The summed E-state index contributed by atoms with van der Waals surface area (Å²) in [5.74, 6) is 1.61. The number of nitrogens with zero attached hydrogens (tertiary/aromatic N) is 2. The standard InChI is InChI=1S/C31H39N3O3/c1-37-29-13-7-4-10-25(29)21-33(19-18-24-20-32-28-12-6-5-11-27(24)28)31(36)22-34(26-15-16-26)30(35)17-14-23-8-2-3-9-23/h4-7,10-13,20,23,26,32H,2-3,8-9,14-19,21-22H2,1H3. The van der Waals surface area contributed by atoms with E-state index in [1.807, 2.05) is 52.4 Å². The van der Waals surface area contributed by atoms with Crippen LogP contribution in [0.5, 0.6) is 5.75 Å². The van der Waals surface area contributed by atoms with Crippen LogP contribution >= 0.6 is 0 Å². The molecule has 2 amide bonds. The van der Waals surface area contributed by atoms with E-state index in [2.05, 4.69) is 17.1 Å². The number of aromatic amines is 1. The van der Waals surface area contributed by atoms with Gasteiger partial charge in [-0.25, -0.2) is 0 Å². The average molecular weight is 502 g/mol. The van der Waals surface area contributed by atoms with Gasteiger partial charge in [-0.2, -0.15) is 0 Å². The van der Waals surface area contributed by atoms with Crippen LogP contribution < -0.4 is 4.74 Å². The van der Waals surface area contributed by atoms with Crippen molar-refractivity contribution in [1.29, 1.82) is 0 Å². The van der Waals surface area contributed by atoms with Crippen molar-refractivity contribution < 1.29 is 14.3 Å². The van der Waals surface area contributed by atoms with Crippen LogP contribution in [0.4, 0.5) is 0 Å². The van der Waals surface area contributed by atoms with Crippen molar-refractivity contribution in [3.63, 3.8) is 0 Å². The number of amides is 2. The number of aromatic nitrogens is 1. The molecule has 2 fully saturated rings. The van der Waals surface area contributed by atoms with Gasteiger partial charge in [-0.3, -0.25) is 9.59 Å². The molecule has 2 aliphatic rings. The van der Waals surface area contributed by atoms with Gasteiger partial charge in [0.2, 0.25) is 11.8 Å². The van der Waals surface area contributed by atoms with E-state index in [9.17, 15) is 9.59 Å². The van der Waals surface area contributed by atoms with Crippen molar-refractivity contribution in [3.8, 4) is 5.75 Å². The third-order valence-electron chi connectivity index (χ3n) is 8.09. The van der Waals surface area contributed by atoms with Gasteiger partial charge in [0.05, 0.1) is 7.11 Å². The maximum Gasteiger partial charge on any atom is 0.242 e. The molecule has 1 heterocycles. The van der Waals surface area contributed by atoms with Crippen LogP contribution in [0.2, 0.25) is 0 Å². The van der Waals surface area contributed by atoms with Gasteiger partial charge in [-0.15, -0.1) is 0 Å². The Bertz CT molecular complexity index is 1210. The van der Waals surface area contributed by atoms with Crippen LogP contribution in [0.3, 0.4) is 0 Å². The molecule has 37 heavy (non-hydrogen) atoms. The van der Waals surface area contributed by atoms with Gasteiger partial charge in [-0.1, -0.05) is 62.1 Å². The van der Waals surface area contributed by atoms with Crippen LogP contribution in [-0.2, 0) is 22.6 Å². The summed E-state index contributed by atoms with van der Waals surface area (Å²) in [6.45, 7) is 1.20. The Hall–Kier alpha value is -3.28. The summed E-state index contributed by atoms with van der Waals surface area (Å²) in [6, 6.07) is 16.3. The molecule has 6 nitrogen and oxygen atoms in total. The topological polar surface area (TPSA) is 65.6 Å². The second-order valence-corrected chi connectivity index (χ2v) is 10.7. The summed E-state index contributed by atoms with van der Waals surface area (Å²) in [7, 11) is 1.66. The van der Waals surface area contributed by atoms with Crippen LogP contribution in [0.15, 0.2) is 54.7 Å². The first-order valence-electron chi connectivity index (χ1n) is 13.9. The second kappa shape index (κ2) is 11.8. The summed E-state index contributed by atoms with van der Waals surface area (Å²) < 4.78 is 5.57. The lowest BCUT2D eigenvalue weighted by Crippen LogP contribution is -2.44.